The molecule has 2 aliphatic heterocycles. The molecule has 2 N–H and O–H groups in total. The number of aliphatic hydroxyl groups is 1. The van der Waals surface area contributed by atoms with Crippen molar-refractivity contribution in [3.63, 3.8) is 0 Å². The number of piperidine rings is 1. The molecule has 0 unspecified atom stereocenters. The molecular formula is C28H41Cl2N5O3S. The van der Waals surface area contributed by atoms with Crippen LogP contribution in [0.15, 0.2) is 29.9 Å². The number of hydrogen-bond donors (Lipinski definition) is 2. The number of unbranched alkanes of at least 4 members (excludes halogenated alkanes) is 1. The molecule has 0 radical (unpaired) electrons. The molecule has 8 nitrogen and oxygen atoms in total. The zero-order valence-electron chi connectivity index (χ0n) is 22.6. The van der Waals surface area contributed by atoms with Crippen molar-refractivity contribution >= 4 is 48.0 Å². The minimum atomic E-state index is -0.824. The normalized spacial score (nSPS) is 22.6. The number of carbonyl (C=O) groups excluding carboxylic acids is 2. The lowest BCUT2D eigenvalue weighted by Crippen LogP contribution is -2.75. The summed E-state index contributed by atoms with van der Waals surface area (Å²) in [6, 6.07) is 3.11. The fraction of sp³-hybridized carbons (Fsp3) is 0.643. The Labute approximate surface area is 247 Å². The number of nitrogens with one attached hydrogen (secondary N) is 1. The maximum absolute atomic E-state index is 13.8. The van der Waals surface area contributed by atoms with Gasteiger partial charge in [0.15, 0.2) is 0 Å². The van der Waals surface area contributed by atoms with Gasteiger partial charge in [-0.05, 0) is 50.2 Å². The molecule has 4 heterocycles. The highest BCUT2D eigenvalue weighted by Crippen LogP contribution is 2.36. The van der Waals surface area contributed by atoms with E-state index in [1.54, 1.807) is 23.7 Å². The van der Waals surface area contributed by atoms with Crippen molar-refractivity contribution in [3.8, 4) is 10.6 Å². The minimum Gasteiger partial charge on any atom is -0.390 e. The van der Waals surface area contributed by atoms with Crippen LogP contribution in [0.3, 0.4) is 0 Å². The third-order valence-electron chi connectivity index (χ3n) is 8.52. The van der Waals surface area contributed by atoms with E-state index in [1.807, 2.05) is 17.0 Å². The van der Waals surface area contributed by atoms with Crippen molar-refractivity contribution in [1.29, 1.82) is 0 Å². The Hall–Kier alpha value is -1.78. The van der Waals surface area contributed by atoms with Crippen LogP contribution in [-0.4, -0.2) is 74.0 Å². The van der Waals surface area contributed by atoms with Crippen LogP contribution in [0, 0.1) is 5.92 Å². The molecule has 2 aromatic heterocycles. The predicted molar refractivity (Wildman–Crippen MR) is 158 cm³/mol. The second-order valence-corrected chi connectivity index (χ2v) is 11.7. The van der Waals surface area contributed by atoms with Gasteiger partial charge in [0.05, 0.1) is 11.8 Å². The highest BCUT2D eigenvalue weighted by Gasteiger charge is 2.55. The van der Waals surface area contributed by atoms with Crippen molar-refractivity contribution < 1.29 is 14.7 Å². The van der Waals surface area contributed by atoms with Gasteiger partial charge in [-0.15, -0.1) is 36.2 Å². The van der Waals surface area contributed by atoms with E-state index in [9.17, 15) is 14.7 Å². The van der Waals surface area contributed by atoms with Gasteiger partial charge in [0.2, 0.25) is 11.8 Å². The van der Waals surface area contributed by atoms with E-state index in [0.29, 0.717) is 19.4 Å². The number of thiazole rings is 1. The number of rotatable bonds is 8. The van der Waals surface area contributed by atoms with Crippen molar-refractivity contribution in [2.24, 2.45) is 5.92 Å². The summed E-state index contributed by atoms with van der Waals surface area (Å²) in [5.41, 5.74) is 1.27. The molecule has 2 atom stereocenters. The van der Waals surface area contributed by atoms with Gasteiger partial charge in [-0.2, -0.15) is 0 Å². The smallest absolute Gasteiger partial charge is 0.248 e. The molecule has 3 aliphatic rings. The lowest BCUT2D eigenvalue weighted by Gasteiger charge is -2.52. The van der Waals surface area contributed by atoms with E-state index in [1.165, 1.54) is 6.42 Å². The predicted octanol–water partition coefficient (Wildman–Crippen LogP) is 4.45. The fourth-order valence-corrected chi connectivity index (χ4v) is 7.09. The molecule has 2 saturated heterocycles. The Morgan fingerprint density at radius 3 is 2.49 bits per heavy atom. The lowest BCUT2D eigenvalue weighted by atomic mass is 9.78. The highest BCUT2D eigenvalue weighted by molar-refractivity contribution is 7.13. The standard InChI is InChI=1S/C28H39N5O3S.2ClH/c1-2-3-15-33-26(35)23(24(34)20-7-5-4-6-8-20)31-27(36)28(33)11-16-32(17-12-28)18-22-19-37-25(30-22)21-9-13-29-14-10-21;;/h9-10,13-14,19-20,23-24,34H,2-8,11-12,15-18H2,1H3,(H,31,36);2*1H/t23-,24-;;/m1../s1. The number of likely N-dealkylation sites (tertiary alicyclic amines) is 1. The fourth-order valence-electron chi connectivity index (χ4n) is 6.27. The first-order valence-electron chi connectivity index (χ1n) is 13.9. The third kappa shape index (κ3) is 6.76. The Balaban J connectivity index is 0.00000210. The van der Waals surface area contributed by atoms with E-state index in [0.717, 1.165) is 74.4 Å². The Bertz CT molecular complexity index is 1070. The van der Waals surface area contributed by atoms with Crippen LogP contribution in [0.2, 0.25) is 0 Å². The summed E-state index contributed by atoms with van der Waals surface area (Å²) < 4.78 is 0. The van der Waals surface area contributed by atoms with Crippen LogP contribution in [0.5, 0.6) is 0 Å². The number of pyridine rings is 1. The molecule has 1 aliphatic carbocycles. The zero-order chi connectivity index (χ0) is 25.8. The summed E-state index contributed by atoms with van der Waals surface area (Å²) in [7, 11) is 0. The first-order valence-corrected chi connectivity index (χ1v) is 14.8. The molecular weight excluding hydrogens is 557 g/mol. The second kappa shape index (κ2) is 14.2. The molecule has 2 amide bonds. The largest absolute Gasteiger partial charge is 0.390 e. The van der Waals surface area contributed by atoms with Gasteiger partial charge in [0.1, 0.15) is 16.6 Å². The number of carbonyl (C=O) groups is 2. The molecule has 1 spiro atoms. The summed E-state index contributed by atoms with van der Waals surface area (Å²) >= 11 is 1.63. The van der Waals surface area contributed by atoms with E-state index in [2.05, 4.69) is 27.5 Å². The minimum absolute atomic E-state index is 0. The molecule has 39 heavy (non-hydrogen) atoms. The summed E-state index contributed by atoms with van der Waals surface area (Å²) in [6.07, 6.45) is 11.0. The van der Waals surface area contributed by atoms with E-state index in [-0.39, 0.29) is 42.5 Å². The number of aromatic nitrogens is 2. The molecule has 216 valence electrons. The molecule has 3 fully saturated rings. The number of amides is 2. The van der Waals surface area contributed by atoms with E-state index < -0.39 is 17.7 Å². The van der Waals surface area contributed by atoms with Crippen LogP contribution in [0.1, 0.15) is 70.4 Å². The Morgan fingerprint density at radius 2 is 1.82 bits per heavy atom. The topological polar surface area (TPSA) is 98.7 Å². The van der Waals surface area contributed by atoms with Gasteiger partial charge in [0, 0.05) is 49.5 Å². The van der Waals surface area contributed by atoms with Crippen LogP contribution in [0.25, 0.3) is 10.6 Å². The van der Waals surface area contributed by atoms with Crippen molar-refractivity contribution in [2.45, 2.75) is 88.9 Å². The zero-order valence-corrected chi connectivity index (χ0v) is 25.0. The molecule has 0 bridgehead atoms. The third-order valence-corrected chi connectivity index (χ3v) is 9.46. The lowest BCUT2D eigenvalue weighted by molar-refractivity contribution is -0.166. The van der Waals surface area contributed by atoms with Crippen molar-refractivity contribution in [3.05, 3.63) is 35.6 Å². The number of nitrogens with zero attached hydrogens (tertiary/aromatic N) is 4. The van der Waals surface area contributed by atoms with Crippen molar-refractivity contribution in [2.75, 3.05) is 19.6 Å². The number of hydrogen-bond acceptors (Lipinski definition) is 7. The van der Waals surface area contributed by atoms with E-state index in [4.69, 9.17) is 4.98 Å². The van der Waals surface area contributed by atoms with Gasteiger partial charge in [-0.1, -0.05) is 32.6 Å². The molecule has 1 saturated carbocycles. The Morgan fingerprint density at radius 1 is 1.13 bits per heavy atom. The van der Waals surface area contributed by atoms with Gasteiger partial charge < -0.3 is 15.3 Å². The van der Waals surface area contributed by atoms with Crippen LogP contribution in [0.4, 0.5) is 0 Å². The number of piperazine rings is 1. The van der Waals surface area contributed by atoms with Gasteiger partial charge in [-0.25, -0.2) is 4.98 Å². The summed E-state index contributed by atoms with van der Waals surface area (Å²) in [4.78, 5) is 40.5. The maximum Gasteiger partial charge on any atom is 0.248 e. The number of halogens is 2. The summed E-state index contributed by atoms with van der Waals surface area (Å²) in [6.45, 7) is 4.85. The van der Waals surface area contributed by atoms with Crippen LogP contribution >= 0.6 is 36.2 Å². The van der Waals surface area contributed by atoms with Gasteiger partial charge >= 0.3 is 0 Å². The quantitative estimate of drug-likeness (QED) is 0.466. The SMILES string of the molecule is CCCCN1C(=O)[C@@H]([C@H](O)C2CCCCC2)NC(=O)C12CCN(Cc1csc(-c3ccncc3)n1)CC2.Cl.Cl. The number of aliphatic hydroxyl groups excluding tert-OH is 1. The van der Waals surface area contributed by atoms with Crippen molar-refractivity contribution in [1.82, 2.24) is 25.1 Å². The molecule has 2 aromatic rings. The molecule has 11 heteroatoms. The summed E-state index contributed by atoms with van der Waals surface area (Å²) in [5.74, 6) is -0.0977. The Kier molecular flexibility index (Phi) is 11.6. The van der Waals surface area contributed by atoms with Gasteiger partial charge in [-0.3, -0.25) is 19.5 Å². The summed E-state index contributed by atoms with van der Waals surface area (Å²) in [5, 5.41) is 17.2. The second-order valence-electron chi connectivity index (χ2n) is 10.9. The van der Waals surface area contributed by atoms with Gasteiger partial charge in [0.25, 0.3) is 0 Å². The first-order chi connectivity index (χ1) is 18.0. The monoisotopic (exact) mass is 597 g/mol. The highest BCUT2D eigenvalue weighted by atomic mass is 35.5. The van der Waals surface area contributed by atoms with Crippen LogP contribution in [-0.2, 0) is 16.1 Å². The molecule has 0 aromatic carbocycles. The average molecular weight is 599 g/mol. The van der Waals surface area contributed by atoms with E-state index >= 15 is 0 Å². The van der Waals surface area contributed by atoms with Crippen LogP contribution < -0.4 is 5.32 Å². The average Bonchev–Trinajstić information content (AvgIpc) is 3.41. The maximum atomic E-state index is 13.8. The molecule has 5 rings (SSSR count). The first kappa shape index (κ1) is 31.7.